The van der Waals surface area contributed by atoms with Crippen LogP contribution in [0.4, 0.5) is 5.69 Å². The van der Waals surface area contributed by atoms with Crippen molar-refractivity contribution in [1.29, 1.82) is 0 Å². The van der Waals surface area contributed by atoms with E-state index in [1.54, 1.807) is 12.1 Å². The average Bonchev–Trinajstić information content (AvgIpc) is 2.34. The number of phenols is 1. The van der Waals surface area contributed by atoms with E-state index in [4.69, 9.17) is 23.2 Å². The van der Waals surface area contributed by atoms with Crippen LogP contribution >= 0.6 is 23.2 Å². The number of benzene rings is 1. The maximum absolute atomic E-state index is 9.45. The van der Waals surface area contributed by atoms with E-state index in [0.717, 1.165) is 25.1 Å². The molecule has 2 N–H and O–H groups in total. The van der Waals surface area contributed by atoms with Gasteiger partial charge in [-0.2, -0.15) is 0 Å². The molecule has 0 aliphatic heterocycles. The first kappa shape index (κ1) is 12.6. The zero-order chi connectivity index (χ0) is 12.3. The molecule has 1 aromatic carbocycles. The highest BCUT2D eigenvalue weighted by atomic mass is 35.5. The Hall–Kier alpha value is -0.860. The third kappa shape index (κ3) is 3.30. The van der Waals surface area contributed by atoms with Gasteiger partial charge in [0.15, 0.2) is 5.75 Å². The monoisotopic (exact) mass is 271 g/mol. The molecule has 2 nitrogen and oxygen atoms in total. The number of hydrogen-bond acceptors (Lipinski definition) is 2. The van der Waals surface area contributed by atoms with Gasteiger partial charge in [-0.25, -0.2) is 0 Å². The van der Waals surface area contributed by atoms with Crippen molar-refractivity contribution in [2.24, 2.45) is 5.92 Å². The minimum Gasteiger partial charge on any atom is -0.505 e. The van der Waals surface area contributed by atoms with Crippen molar-refractivity contribution in [3.05, 3.63) is 34.3 Å². The highest BCUT2D eigenvalue weighted by molar-refractivity contribution is 6.37. The van der Waals surface area contributed by atoms with Crippen molar-refractivity contribution in [1.82, 2.24) is 0 Å². The first-order chi connectivity index (χ1) is 8.16. The fraction of sp³-hybridized carbons (Fsp3) is 0.385. The Labute approximate surface area is 111 Å². The predicted octanol–water partition coefficient (Wildman–Crippen LogP) is 4.47. The van der Waals surface area contributed by atoms with Crippen LogP contribution < -0.4 is 5.32 Å². The molecule has 1 aromatic rings. The van der Waals surface area contributed by atoms with E-state index in [1.165, 1.54) is 6.42 Å². The number of hydrogen-bond donors (Lipinski definition) is 2. The number of allylic oxidation sites excluding steroid dienone is 2. The molecule has 17 heavy (non-hydrogen) atoms. The van der Waals surface area contributed by atoms with Crippen LogP contribution in [0.25, 0.3) is 0 Å². The summed E-state index contributed by atoms with van der Waals surface area (Å²) in [5.41, 5.74) is 0.854. The molecular weight excluding hydrogens is 257 g/mol. The summed E-state index contributed by atoms with van der Waals surface area (Å²) in [6.45, 7) is 0.905. The third-order valence-corrected chi connectivity index (χ3v) is 3.57. The van der Waals surface area contributed by atoms with Gasteiger partial charge in [-0.1, -0.05) is 35.4 Å². The standard InChI is InChI=1S/C13H15Cl2NO/c14-11-6-10(7-12(15)13(11)17)16-8-9-4-2-1-3-5-9/h1-2,6-7,9,16-17H,3-5,8H2. The van der Waals surface area contributed by atoms with Crippen LogP contribution in [0.2, 0.25) is 10.0 Å². The summed E-state index contributed by atoms with van der Waals surface area (Å²) in [5, 5.41) is 13.3. The molecule has 0 amide bonds. The van der Waals surface area contributed by atoms with Crippen LogP contribution in [-0.2, 0) is 0 Å². The van der Waals surface area contributed by atoms with Gasteiger partial charge in [-0.05, 0) is 37.3 Å². The number of nitrogens with one attached hydrogen (secondary N) is 1. The van der Waals surface area contributed by atoms with Crippen molar-refractivity contribution < 1.29 is 5.11 Å². The Kier molecular flexibility index (Phi) is 4.19. The molecule has 1 unspecified atom stereocenters. The Bertz CT molecular complexity index is 408. The predicted molar refractivity (Wildman–Crippen MR) is 73.1 cm³/mol. The number of phenolic OH excluding ortho intramolecular Hbond substituents is 1. The molecule has 0 radical (unpaired) electrons. The Morgan fingerprint density at radius 1 is 1.24 bits per heavy atom. The molecule has 0 heterocycles. The molecule has 0 aromatic heterocycles. The van der Waals surface area contributed by atoms with Gasteiger partial charge in [-0.15, -0.1) is 0 Å². The second-order valence-electron chi connectivity index (χ2n) is 4.32. The molecule has 2 rings (SSSR count). The first-order valence-electron chi connectivity index (χ1n) is 5.73. The second kappa shape index (κ2) is 5.65. The molecule has 0 fully saturated rings. The van der Waals surface area contributed by atoms with Gasteiger partial charge >= 0.3 is 0 Å². The van der Waals surface area contributed by atoms with Crippen molar-refractivity contribution in [2.45, 2.75) is 19.3 Å². The summed E-state index contributed by atoms with van der Waals surface area (Å²) in [4.78, 5) is 0. The smallest absolute Gasteiger partial charge is 0.152 e. The van der Waals surface area contributed by atoms with Crippen LogP contribution in [0, 0.1) is 5.92 Å². The van der Waals surface area contributed by atoms with E-state index in [2.05, 4.69) is 17.5 Å². The van der Waals surface area contributed by atoms with Gasteiger partial charge in [0.25, 0.3) is 0 Å². The van der Waals surface area contributed by atoms with Gasteiger partial charge in [-0.3, -0.25) is 0 Å². The topological polar surface area (TPSA) is 32.3 Å². The second-order valence-corrected chi connectivity index (χ2v) is 5.13. The van der Waals surface area contributed by atoms with Crippen LogP contribution in [0.15, 0.2) is 24.3 Å². The fourth-order valence-corrected chi connectivity index (χ4v) is 2.46. The highest BCUT2D eigenvalue weighted by Gasteiger charge is 2.11. The summed E-state index contributed by atoms with van der Waals surface area (Å²) in [7, 11) is 0. The first-order valence-corrected chi connectivity index (χ1v) is 6.49. The zero-order valence-corrected chi connectivity index (χ0v) is 10.9. The quantitative estimate of drug-likeness (QED) is 0.628. The van der Waals surface area contributed by atoms with Crippen molar-refractivity contribution in [3.63, 3.8) is 0 Å². The molecule has 0 saturated carbocycles. The van der Waals surface area contributed by atoms with Gasteiger partial charge in [0.05, 0.1) is 10.0 Å². The summed E-state index contributed by atoms with van der Waals surface area (Å²) in [5.74, 6) is 0.603. The fourth-order valence-electron chi connectivity index (χ4n) is 1.97. The lowest BCUT2D eigenvalue weighted by Crippen LogP contribution is -2.15. The van der Waals surface area contributed by atoms with E-state index in [0.29, 0.717) is 5.92 Å². The third-order valence-electron chi connectivity index (χ3n) is 2.99. The van der Waals surface area contributed by atoms with Crippen molar-refractivity contribution in [2.75, 3.05) is 11.9 Å². The number of halogens is 2. The molecule has 0 saturated heterocycles. The lowest BCUT2D eigenvalue weighted by molar-refractivity contribution is 0.476. The van der Waals surface area contributed by atoms with Crippen molar-refractivity contribution in [3.8, 4) is 5.75 Å². The Balaban J connectivity index is 1.97. The molecule has 0 spiro atoms. The molecule has 92 valence electrons. The summed E-state index contributed by atoms with van der Waals surface area (Å²) in [6, 6.07) is 3.39. The number of aromatic hydroxyl groups is 1. The Morgan fingerprint density at radius 2 is 1.94 bits per heavy atom. The minimum absolute atomic E-state index is 0.0560. The summed E-state index contributed by atoms with van der Waals surface area (Å²) < 4.78 is 0. The van der Waals surface area contributed by atoms with Gasteiger partial charge in [0, 0.05) is 12.2 Å². The number of anilines is 1. The van der Waals surface area contributed by atoms with E-state index in [1.807, 2.05) is 0 Å². The van der Waals surface area contributed by atoms with E-state index >= 15 is 0 Å². The average molecular weight is 272 g/mol. The van der Waals surface area contributed by atoms with Crippen LogP contribution in [0.3, 0.4) is 0 Å². The molecule has 1 atom stereocenters. The molecule has 4 heteroatoms. The van der Waals surface area contributed by atoms with Gasteiger partial charge in [0.1, 0.15) is 0 Å². The van der Waals surface area contributed by atoms with E-state index in [9.17, 15) is 5.11 Å². The van der Waals surface area contributed by atoms with E-state index in [-0.39, 0.29) is 15.8 Å². The van der Waals surface area contributed by atoms with Crippen molar-refractivity contribution >= 4 is 28.9 Å². The zero-order valence-electron chi connectivity index (χ0n) is 9.42. The largest absolute Gasteiger partial charge is 0.505 e. The number of rotatable bonds is 3. The maximum Gasteiger partial charge on any atom is 0.152 e. The molecule has 1 aliphatic carbocycles. The SMILES string of the molecule is Oc1c(Cl)cc(NCC2CC=CCC2)cc1Cl. The normalized spacial score (nSPS) is 19.3. The van der Waals surface area contributed by atoms with Crippen LogP contribution in [0.1, 0.15) is 19.3 Å². The van der Waals surface area contributed by atoms with Gasteiger partial charge < -0.3 is 10.4 Å². The highest BCUT2D eigenvalue weighted by Crippen LogP contribution is 2.34. The van der Waals surface area contributed by atoms with E-state index < -0.39 is 0 Å². The minimum atomic E-state index is -0.0560. The maximum atomic E-state index is 9.45. The Morgan fingerprint density at radius 3 is 2.53 bits per heavy atom. The summed E-state index contributed by atoms with van der Waals surface area (Å²) >= 11 is 11.7. The molecular formula is C13H15Cl2NO. The summed E-state index contributed by atoms with van der Waals surface area (Å²) in [6.07, 6.45) is 7.94. The molecule has 0 bridgehead atoms. The van der Waals surface area contributed by atoms with Gasteiger partial charge in [0.2, 0.25) is 0 Å². The lowest BCUT2D eigenvalue weighted by atomic mass is 9.94. The lowest BCUT2D eigenvalue weighted by Gasteiger charge is -2.19. The van der Waals surface area contributed by atoms with Crippen LogP contribution in [-0.4, -0.2) is 11.7 Å². The molecule has 1 aliphatic rings. The van der Waals surface area contributed by atoms with Crippen LogP contribution in [0.5, 0.6) is 5.75 Å².